The van der Waals surface area contributed by atoms with E-state index in [9.17, 15) is 9.59 Å². The summed E-state index contributed by atoms with van der Waals surface area (Å²) in [5, 5.41) is 9.94. The van der Waals surface area contributed by atoms with E-state index in [1.807, 2.05) is 12.1 Å². The average Bonchev–Trinajstić information content (AvgIpc) is 3.37. The maximum Gasteiger partial charge on any atom is 0.253 e. The molecule has 9 heteroatoms. The van der Waals surface area contributed by atoms with E-state index in [-0.39, 0.29) is 23.1 Å². The Morgan fingerprint density at radius 3 is 2.63 bits per heavy atom. The highest BCUT2D eigenvalue weighted by atomic mass is 16.5. The zero-order chi connectivity index (χ0) is 27.1. The predicted molar refractivity (Wildman–Crippen MR) is 146 cm³/mol. The van der Waals surface area contributed by atoms with Gasteiger partial charge in [0.05, 0.1) is 30.3 Å². The van der Waals surface area contributed by atoms with Crippen molar-refractivity contribution < 1.29 is 18.8 Å². The van der Waals surface area contributed by atoms with Gasteiger partial charge in [-0.3, -0.25) is 14.5 Å². The molecule has 202 valence electrons. The topological polar surface area (TPSA) is 110 Å². The Morgan fingerprint density at radius 1 is 1.13 bits per heavy atom. The molecule has 1 aliphatic heterocycles. The Morgan fingerprint density at radius 2 is 1.89 bits per heavy atom. The smallest absolute Gasteiger partial charge is 0.253 e. The highest BCUT2D eigenvalue weighted by molar-refractivity contribution is 6.04. The zero-order valence-electron chi connectivity index (χ0n) is 22.6. The van der Waals surface area contributed by atoms with Crippen molar-refractivity contribution in [2.45, 2.75) is 45.6 Å². The number of anilines is 1. The van der Waals surface area contributed by atoms with E-state index in [1.54, 1.807) is 31.4 Å². The molecule has 1 saturated heterocycles. The molecular weight excluding hydrogens is 482 g/mol. The minimum Gasteiger partial charge on any atom is -0.383 e. The first kappa shape index (κ1) is 27.5. The highest BCUT2D eigenvalue weighted by Crippen LogP contribution is 2.26. The lowest BCUT2D eigenvalue weighted by atomic mass is 9.87. The van der Waals surface area contributed by atoms with E-state index in [1.165, 1.54) is 5.56 Å². The number of likely N-dealkylation sites (tertiary alicyclic amines) is 1. The first-order valence-corrected chi connectivity index (χ1v) is 13.1. The number of methoxy groups -OCH3 is 1. The SMILES string of the molecule is COCCNC(=O)c1ccccc1NC(=O)C1CCCN(Cc2nc(-c3ccc(C(C)(C)C)cc3)no2)C1. The van der Waals surface area contributed by atoms with Crippen molar-refractivity contribution >= 4 is 17.5 Å². The summed E-state index contributed by atoms with van der Waals surface area (Å²) in [6, 6.07) is 15.3. The van der Waals surface area contributed by atoms with Crippen LogP contribution in [0.3, 0.4) is 0 Å². The molecule has 2 N–H and O–H groups in total. The molecule has 0 aliphatic carbocycles. The number of hydrogen-bond donors (Lipinski definition) is 2. The summed E-state index contributed by atoms with van der Waals surface area (Å²) >= 11 is 0. The summed E-state index contributed by atoms with van der Waals surface area (Å²) in [6.07, 6.45) is 1.66. The molecule has 1 unspecified atom stereocenters. The molecule has 4 rings (SSSR count). The van der Waals surface area contributed by atoms with Gasteiger partial charge in [-0.1, -0.05) is 62.3 Å². The molecule has 3 aromatic rings. The molecule has 0 spiro atoms. The maximum atomic E-state index is 13.1. The lowest BCUT2D eigenvalue weighted by Gasteiger charge is -2.31. The van der Waals surface area contributed by atoms with Crippen LogP contribution in [0.2, 0.25) is 0 Å². The number of nitrogens with one attached hydrogen (secondary N) is 2. The van der Waals surface area contributed by atoms with Crippen LogP contribution in [0.4, 0.5) is 5.69 Å². The number of aromatic nitrogens is 2. The van der Waals surface area contributed by atoms with Crippen LogP contribution >= 0.6 is 0 Å². The molecule has 9 nitrogen and oxygen atoms in total. The summed E-state index contributed by atoms with van der Waals surface area (Å²) in [7, 11) is 1.58. The molecular formula is C29H37N5O4. The Kier molecular flexibility index (Phi) is 8.91. The quantitative estimate of drug-likeness (QED) is 0.407. The molecule has 1 aromatic heterocycles. The number of piperidine rings is 1. The fourth-order valence-electron chi connectivity index (χ4n) is 4.55. The number of carbonyl (C=O) groups excluding carboxylic acids is 2. The van der Waals surface area contributed by atoms with Crippen molar-refractivity contribution in [1.82, 2.24) is 20.4 Å². The number of amides is 2. The summed E-state index contributed by atoms with van der Waals surface area (Å²) in [5.41, 5.74) is 3.17. The molecule has 38 heavy (non-hydrogen) atoms. The molecule has 2 amide bonds. The molecule has 1 atom stereocenters. The largest absolute Gasteiger partial charge is 0.383 e. The minimum absolute atomic E-state index is 0.0800. The minimum atomic E-state index is -0.247. The van der Waals surface area contributed by atoms with E-state index < -0.39 is 0 Å². The van der Waals surface area contributed by atoms with Crippen LogP contribution in [0.1, 0.15) is 55.4 Å². The second-order valence-electron chi connectivity index (χ2n) is 10.7. The predicted octanol–water partition coefficient (Wildman–Crippen LogP) is 4.26. The Hall–Kier alpha value is -3.56. The normalized spacial score (nSPS) is 16.3. The van der Waals surface area contributed by atoms with Gasteiger partial charge in [0, 0.05) is 25.8 Å². The van der Waals surface area contributed by atoms with Crippen molar-refractivity contribution in [3.63, 3.8) is 0 Å². The van der Waals surface area contributed by atoms with Gasteiger partial charge in [-0.15, -0.1) is 0 Å². The lowest BCUT2D eigenvalue weighted by molar-refractivity contribution is -0.121. The second kappa shape index (κ2) is 12.3. The van der Waals surface area contributed by atoms with Gasteiger partial charge in [0.25, 0.3) is 5.91 Å². The van der Waals surface area contributed by atoms with Crippen LogP contribution < -0.4 is 10.6 Å². The lowest BCUT2D eigenvalue weighted by Crippen LogP contribution is -2.40. The van der Waals surface area contributed by atoms with Gasteiger partial charge in [-0.2, -0.15) is 4.98 Å². The van der Waals surface area contributed by atoms with Gasteiger partial charge in [0.15, 0.2) is 0 Å². The van der Waals surface area contributed by atoms with Gasteiger partial charge < -0.3 is 19.9 Å². The molecule has 0 bridgehead atoms. The number of nitrogens with zero attached hydrogens (tertiary/aromatic N) is 3. The van der Waals surface area contributed by atoms with Crippen molar-refractivity contribution in [3.05, 3.63) is 65.5 Å². The van der Waals surface area contributed by atoms with E-state index >= 15 is 0 Å². The van der Waals surface area contributed by atoms with Crippen LogP contribution in [0.15, 0.2) is 53.1 Å². The number of rotatable bonds is 9. The van der Waals surface area contributed by atoms with Crippen molar-refractivity contribution in [3.8, 4) is 11.4 Å². The van der Waals surface area contributed by atoms with Gasteiger partial charge in [-0.05, 0) is 42.5 Å². The fourth-order valence-corrected chi connectivity index (χ4v) is 4.55. The molecule has 1 aliphatic rings. The van der Waals surface area contributed by atoms with Crippen molar-refractivity contribution in [2.75, 3.05) is 38.7 Å². The Bertz CT molecular complexity index is 1230. The van der Waals surface area contributed by atoms with Crippen LogP contribution in [-0.4, -0.2) is 60.2 Å². The number of benzene rings is 2. The summed E-state index contributed by atoms with van der Waals surface area (Å²) in [4.78, 5) is 32.5. The van der Waals surface area contributed by atoms with Gasteiger partial charge >= 0.3 is 0 Å². The first-order chi connectivity index (χ1) is 18.2. The number of para-hydroxylation sites is 1. The second-order valence-corrected chi connectivity index (χ2v) is 10.7. The van der Waals surface area contributed by atoms with E-state index in [4.69, 9.17) is 9.26 Å². The van der Waals surface area contributed by atoms with Crippen LogP contribution in [0.5, 0.6) is 0 Å². The Labute approximate surface area is 223 Å². The van der Waals surface area contributed by atoms with Crippen LogP contribution in [0, 0.1) is 5.92 Å². The van der Waals surface area contributed by atoms with Crippen LogP contribution in [0.25, 0.3) is 11.4 Å². The standard InChI is InChI=1S/C29H37N5O4/c1-29(2,3)22-13-11-20(12-14-22)26-32-25(38-33-26)19-34-16-7-8-21(18-34)27(35)31-24-10-6-5-9-23(24)28(36)30-15-17-37-4/h5-6,9-14,21H,7-8,15-19H2,1-4H3,(H,30,36)(H,31,35). The molecule has 0 radical (unpaired) electrons. The number of carbonyl (C=O) groups is 2. The summed E-state index contributed by atoms with van der Waals surface area (Å²) < 4.78 is 10.5. The molecule has 0 saturated carbocycles. The number of ether oxygens (including phenoxy) is 1. The molecule has 2 heterocycles. The van der Waals surface area contributed by atoms with Gasteiger partial charge in [0.1, 0.15) is 0 Å². The third-order valence-corrected chi connectivity index (χ3v) is 6.73. The van der Waals surface area contributed by atoms with E-state index in [0.29, 0.717) is 49.2 Å². The summed E-state index contributed by atoms with van der Waals surface area (Å²) in [5.74, 6) is 0.535. The molecule has 2 aromatic carbocycles. The Balaban J connectivity index is 1.35. The van der Waals surface area contributed by atoms with E-state index in [2.05, 4.69) is 58.6 Å². The van der Waals surface area contributed by atoms with Crippen LogP contribution in [-0.2, 0) is 21.5 Å². The summed E-state index contributed by atoms with van der Waals surface area (Å²) in [6.45, 7) is 9.27. The van der Waals surface area contributed by atoms with Crippen molar-refractivity contribution in [1.29, 1.82) is 0 Å². The van der Waals surface area contributed by atoms with Gasteiger partial charge in [0.2, 0.25) is 17.6 Å². The van der Waals surface area contributed by atoms with Gasteiger partial charge in [-0.25, -0.2) is 0 Å². The zero-order valence-corrected chi connectivity index (χ0v) is 22.6. The molecule has 1 fully saturated rings. The third kappa shape index (κ3) is 7.05. The third-order valence-electron chi connectivity index (χ3n) is 6.73. The maximum absolute atomic E-state index is 13.1. The van der Waals surface area contributed by atoms with Crippen molar-refractivity contribution in [2.24, 2.45) is 5.92 Å². The number of hydrogen-bond acceptors (Lipinski definition) is 7. The monoisotopic (exact) mass is 519 g/mol. The fraction of sp³-hybridized carbons (Fsp3) is 0.448. The highest BCUT2D eigenvalue weighted by Gasteiger charge is 2.28. The van der Waals surface area contributed by atoms with E-state index in [0.717, 1.165) is 24.9 Å². The first-order valence-electron chi connectivity index (χ1n) is 13.1. The average molecular weight is 520 g/mol.